The van der Waals surface area contributed by atoms with E-state index in [0.29, 0.717) is 0 Å². The van der Waals surface area contributed by atoms with Crippen LogP contribution in [0.15, 0.2) is 328 Å². The molecular weight excluding hydrogens is 1090 g/mol. The van der Waals surface area contributed by atoms with Crippen molar-refractivity contribution in [2.45, 2.75) is 0 Å². The highest BCUT2D eigenvalue weighted by atomic mass is 28.3. The third-order valence-corrected chi connectivity index (χ3v) is 24.2. The van der Waals surface area contributed by atoms with Crippen LogP contribution >= 0.6 is 0 Å². The Balaban J connectivity index is 0.846. The molecule has 0 aliphatic rings. The van der Waals surface area contributed by atoms with Crippen LogP contribution in [0.4, 0.5) is 0 Å². The summed E-state index contributed by atoms with van der Waals surface area (Å²) in [6, 6.07) is 123. The molecule has 19 rings (SSSR count). The Hall–Kier alpha value is -11.5. The number of hydrogen-bond acceptors (Lipinski definition) is 0. The fraction of sp³-hybridized carbons (Fsp3) is 0. The summed E-state index contributed by atoms with van der Waals surface area (Å²) in [5.41, 5.74) is 14.0. The van der Waals surface area contributed by atoms with Gasteiger partial charge in [0.25, 0.3) is 0 Å². The Bertz CT molecular complexity index is 5920. The minimum atomic E-state index is -3.04. The molecule has 4 aromatic heterocycles. The highest BCUT2D eigenvalue weighted by Crippen LogP contribution is 2.45. The summed E-state index contributed by atoms with van der Waals surface area (Å²) in [5.74, 6) is 0. The summed E-state index contributed by atoms with van der Waals surface area (Å²) in [7, 11) is -3.04. The molecule has 0 saturated heterocycles. The molecule has 0 radical (unpaired) electrons. The zero-order valence-corrected chi connectivity index (χ0v) is 49.5. The molecule has 0 N–H and O–H groups in total. The Morgan fingerprint density at radius 3 is 0.966 bits per heavy atom. The highest BCUT2D eigenvalue weighted by Gasteiger charge is 2.42. The van der Waals surface area contributed by atoms with Gasteiger partial charge in [-0.25, -0.2) is 0 Å². The van der Waals surface area contributed by atoms with Crippen molar-refractivity contribution in [1.82, 2.24) is 18.3 Å². The van der Waals surface area contributed by atoms with E-state index in [1.54, 1.807) is 0 Å². The molecule has 89 heavy (non-hydrogen) atoms. The van der Waals surface area contributed by atoms with Gasteiger partial charge < -0.3 is 18.3 Å². The van der Waals surface area contributed by atoms with E-state index >= 15 is 0 Å². The van der Waals surface area contributed by atoms with Crippen LogP contribution in [-0.4, -0.2) is 26.3 Å². The second-order valence-electron chi connectivity index (χ2n) is 23.9. The summed E-state index contributed by atoms with van der Waals surface area (Å²) in [6.45, 7) is 0. The first-order chi connectivity index (χ1) is 44.2. The molecule has 414 valence electrons. The Morgan fingerprint density at radius 2 is 0.472 bits per heavy atom. The molecule has 15 aromatic carbocycles. The monoisotopic (exact) mass is 1150 g/mol. The van der Waals surface area contributed by atoms with Gasteiger partial charge in [0.15, 0.2) is 8.07 Å². The predicted molar refractivity (Wildman–Crippen MR) is 380 cm³/mol. The van der Waals surface area contributed by atoms with Crippen molar-refractivity contribution in [3.05, 3.63) is 328 Å². The SMILES string of the molecule is c1ccc([Si](c2ccccc2)(c2ccc(-n3c4ccc(-n5c6ccccc6c6cc(-n7c8ccccc8c8ccccc87)ccc65)cc4c4c5c6ccccc6c6ccccc6c5ccc43)cc2)c2cccc(-n3c4ccccc4c4ccccc43)c2)cc1. The maximum atomic E-state index is 2.53. The minimum Gasteiger partial charge on any atom is -0.309 e. The van der Waals surface area contributed by atoms with Crippen LogP contribution in [0.5, 0.6) is 0 Å². The van der Waals surface area contributed by atoms with Crippen molar-refractivity contribution in [3.8, 4) is 22.7 Å². The number of hydrogen-bond donors (Lipinski definition) is 0. The van der Waals surface area contributed by atoms with Crippen molar-refractivity contribution in [1.29, 1.82) is 0 Å². The van der Waals surface area contributed by atoms with Gasteiger partial charge in [0.2, 0.25) is 0 Å². The zero-order valence-electron chi connectivity index (χ0n) is 48.5. The first kappa shape index (κ1) is 49.7. The third kappa shape index (κ3) is 7.10. The quantitative estimate of drug-likeness (QED) is 0.0821. The molecule has 0 bridgehead atoms. The second kappa shape index (κ2) is 19.3. The molecule has 0 spiro atoms. The molecule has 4 heterocycles. The lowest BCUT2D eigenvalue weighted by Gasteiger charge is -2.35. The predicted octanol–water partition coefficient (Wildman–Crippen LogP) is 18.9. The van der Waals surface area contributed by atoms with Crippen molar-refractivity contribution >= 4 is 148 Å². The van der Waals surface area contributed by atoms with E-state index in [0.717, 1.165) is 28.3 Å². The average molecular weight is 1150 g/mol. The van der Waals surface area contributed by atoms with Gasteiger partial charge in [-0.15, -0.1) is 0 Å². The molecule has 19 aromatic rings. The molecular formula is C84H54N4Si. The van der Waals surface area contributed by atoms with E-state index in [4.69, 9.17) is 0 Å². The third-order valence-electron chi connectivity index (χ3n) is 19.5. The topological polar surface area (TPSA) is 19.7 Å². The molecule has 0 atom stereocenters. The molecule has 0 saturated carbocycles. The van der Waals surface area contributed by atoms with Crippen LogP contribution in [0.3, 0.4) is 0 Å². The van der Waals surface area contributed by atoms with Gasteiger partial charge in [-0.1, -0.05) is 231 Å². The number of nitrogens with zero attached hydrogens (tertiary/aromatic N) is 4. The normalized spacial score (nSPS) is 12.3. The van der Waals surface area contributed by atoms with Gasteiger partial charge in [0.05, 0.1) is 44.1 Å². The first-order valence-corrected chi connectivity index (χ1v) is 32.8. The van der Waals surface area contributed by atoms with Crippen LogP contribution in [0.25, 0.3) is 142 Å². The standard InChI is InChI=1S/C84H54N4Si/c1-3-23-59(24-4-1)89(60-25-5-2-6-26-60,62-27-21-22-56(52-62)86-75-37-16-11-31-66(75)67-32-12-17-38-76(67)86)61-46-42-55(43-47-61)85-81-50-45-58(54-74(81)84-82(85)51-48-72-65-30-8-7-28-63(65)64-29-9-10-36-71(64)83(72)84)88-79-41-20-15-35-70(79)73-53-57(44-49-80(73)88)87-77-39-18-13-33-68(77)69-34-14-19-40-78(69)87/h1-54H. The van der Waals surface area contributed by atoms with Gasteiger partial charge in [-0.2, -0.15) is 0 Å². The van der Waals surface area contributed by atoms with Crippen LogP contribution < -0.4 is 20.7 Å². The molecule has 5 heteroatoms. The Kier molecular flexibility index (Phi) is 10.8. The summed E-state index contributed by atoms with van der Waals surface area (Å²) in [4.78, 5) is 0. The first-order valence-electron chi connectivity index (χ1n) is 30.8. The fourth-order valence-corrected chi connectivity index (χ4v) is 20.6. The Labute approximate surface area is 513 Å². The summed E-state index contributed by atoms with van der Waals surface area (Å²) >= 11 is 0. The summed E-state index contributed by atoms with van der Waals surface area (Å²) < 4.78 is 9.91. The van der Waals surface area contributed by atoms with Gasteiger partial charge in [0.1, 0.15) is 0 Å². The van der Waals surface area contributed by atoms with Crippen LogP contribution in [-0.2, 0) is 0 Å². The van der Waals surface area contributed by atoms with Gasteiger partial charge >= 0.3 is 0 Å². The van der Waals surface area contributed by atoms with Crippen molar-refractivity contribution < 1.29 is 0 Å². The van der Waals surface area contributed by atoms with E-state index < -0.39 is 8.07 Å². The fourth-order valence-electron chi connectivity index (χ4n) is 15.8. The van der Waals surface area contributed by atoms with E-state index in [1.807, 2.05) is 0 Å². The van der Waals surface area contributed by atoms with Gasteiger partial charge in [-0.3, -0.25) is 0 Å². The smallest absolute Gasteiger partial charge is 0.179 e. The Morgan fingerprint density at radius 1 is 0.157 bits per heavy atom. The van der Waals surface area contributed by atoms with E-state index in [-0.39, 0.29) is 0 Å². The molecule has 0 unspecified atom stereocenters. The number of rotatable bonds is 8. The maximum absolute atomic E-state index is 3.04. The molecule has 0 aliphatic carbocycles. The lowest BCUT2D eigenvalue weighted by atomic mass is 9.92. The summed E-state index contributed by atoms with van der Waals surface area (Å²) in [6.07, 6.45) is 0. The van der Waals surface area contributed by atoms with Crippen molar-refractivity contribution in [2.75, 3.05) is 0 Å². The minimum absolute atomic E-state index is 1.11. The largest absolute Gasteiger partial charge is 0.309 e. The van der Waals surface area contributed by atoms with Crippen molar-refractivity contribution in [3.63, 3.8) is 0 Å². The molecule has 4 nitrogen and oxygen atoms in total. The van der Waals surface area contributed by atoms with E-state index in [2.05, 4.69) is 346 Å². The molecule has 0 fully saturated rings. The second-order valence-corrected chi connectivity index (χ2v) is 27.7. The van der Waals surface area contributed by atoms with Crippen LogP contribution in [0.2, 0.25) is 0 Å². The van der Waals surface area contributed by atoms with Crippen molar-refractivity contribution in [2.24, 2.45) is 0 Å². The summed E-state index contributed by atoms with van der Waals surface area (Å²) in [5, 5.41) is 22.8. The lowest BCUT2D eigenvalue weighted by molar-refractivity contribution is 1.16. The average Bonchev–Trinajstić information content (AvgIpc) is 1.72. The van der Waals surface area contributed by atoms with Crippen LogP contribution in [0, 0.1) is 0 Å². The van der Waals surface area contributed by atoms with Gasteiger partial charge in [-0.05, 0) is 145 Å². The maximum Gasteiger partial charge on any atom is 0.179 e. The van der Waals surface area contributed by atoms with E-state index in [1.165, 1.54) is 135 Å². The number of para-hydroxylation sites is 5. The molecule has 0 amide bonds. The highest BCUT2D eigenvalue weighted by molar-refractivity contribution is 7.20. The number of fused-ring (bicyclic) bond motifs is 19. The number of aromatic nitrogens is 4. The lowest BCUT2D eigenvalue weighted by Crippen LogP contribution is -2.74. The number of benzene rings is 15. The zero-order chi connectivity index (χ0) is 58.3. The molecule has 0 aliphatic heterocycles. The van der Waals surface area contributed by atoms with E-state index in [9.17, 15) is 0 Å². The van der Waals surface area contributed by atoms with Gasteiger partial charge in [0, 0.05) is 71.2 Å². The van der Waals surface area contributed by atoms with Crippen LogP contribution in [0.1, 0.15) is 0 Å².